The third-order valence-corrected chi connectivity index (χ3v) is 3.39. The lowest BCUT2D eigenvalue weighted by molar-refractivity contribution is 0.408. The molecule has 1 unspecified atom stereocenters. The smallest absolute Gasteiger partial charge is 0.126 e. The molecule has 0 fully saturated rings. The highest BCUT2D eigenvalue weighted by molar-refractivity contribution is 5.59. The highest BCUT2D eigenvalue weighted by atomic mass is 16.5. The Morgan fingerprint density at radius 2 is 1.78 bits per heavy atom. The van der Waals surface area contributed by atoms with Crippen LogP contribution < -0.4 is 10.1 Å². The van der Waals surface area contributed by atoms with Gasteiger partial charge in [0.2, 0.25) is 0 Å². The highest BCUT2D eigenvalue weighted by Crippen LogP contribution is 2.29. The fourth-order valence-electron chi connectivity index (χ4n) is 2.22. The molecule has 1 atom stereocenters. The van der Waals surface area contributed by atoms with Crippen LogP contribution in [-0.2, 0) is 0 Å². The maximum Gasteiger partial charge on any atom is 0.126 e. The molecule has 0 saturated heterocycles. The van der Waals surface area contributed by atoms with Crippen molar-refractivity contribution in [1.29, 1.82) is 0 Å². The molecule has 1 aromatic carbocycles. The number of aryl methyl sites for hydroxylation is 1. The number of ether oxygens (including phenoxy) is 1. The molecule has 0 aliphatic carbocycles. The van der Waals surface area contributed by atoms with E-state index in [0.717, 1.165) is 11.7 Å². The van der Waals surface area contributed by atoms with Crippen LogP contribution in [0.1, 0.15) is 44.7 Å². The standard InChI is InChI=1S/C16H27NO/c1-11(2)7-9-13(4)17-15-10-8-12(3)16(18-6)14(15)5/h8,10-11,13,17H,7,9H2,1-6H3. The molecule has 0 saturated carbocycles. The van der Waals surface area contributed by atoms with Crippen LogP contribution in [0, 0.1) is 19.8 Å². The summed E-state index contributed by atoms with van der Waals surface area (Å²) in [6.07, 6.45) is 2.46. The minimum absolute atomic E-state index is 0.499. The topological polar surface area (TPSA) is 21.3 Å². The Labute approximate surface area is 112 Å². The zero-order valence-corrected chi connectivity index (χ0v) is 12.6. The molecule has 102 valence electrons. The van der Waals surface area contributed by atoms with Crippen molar-refractivity contribution >= 4 is 5.69 Å². The fourth-order valence-corrected chi connectivity index (χ4v) is 2.22. The van der Waals surface area contributed by atoms with Gasteiger partial charge in [-0.3, -0.25) is 0 Å². The second-order valence-electron chi connectivity index (χ2n) is 5.60. The summed E-state index contributed by atoms with van der Waals surface area (Å²) in [6, 6.07) is 4.76. The second-order valence-corrected chi connectivity index (χ2v) is 5.60. The number of hydrogen-bond acceptors (Lipinski definition) is 2. The molecule has 0 amide bonds. The monoisotopic (exact) mass is 249 g/mol. The van der Waals surface area contributed by atoms with Crippen LogP contribution >= 0.6 is 0 Å². The van der Waals surface area contributed by atoms with Gasteiger partial charge in [0.05, 0.1) is 7.11 Å². The second kappa shape index (κ2) is 6.67. The summed E-state index contributed by atoms with van der Waals surface area (Å²) in [5.41, 5.74) is 3.58. The molecule has 18 heavy (non-hydrogen) atoms. The number of methoxy groups -OCH3 is 1. The Balaban J connectivity index is 2.73. The van der Waals surface area contributed by atoms with Gasteiger partial charge in [-0.2, -0.15) is 0 Å². The summed E-state index contributed by atoms with van der Waals surface area (Å²) in [5, 5.41) is 3.59. The minimum atomic E-state index is 0.499. The van der Waals surface area contributed by atoms with E-state index >= 15 is 0 Å². The zero-order valence-electron chi connectivity index (χ0n) is 12.6. The van der Waals surface area contributed by atoms with E-state index < -0.39 is 0 Å². The van der Waals surface area contributed by atoms with Crippen molar-refractivity contribution in [3.05, 3.63) is 23.3 Å². The van der Waals surface area contributed by atoms with Crippen LogP contribution in [0.2, 0.25) is 0 Å². The molecule has 2 nitrogen and oxygen atoms in total. The van der Waals surface area contributed by atoms with Gasteiger partial charge in [-0.15, -0.1) is 0 Å². The van der Waals surface area contributed by atoms with Crippen molar-refractivity contribution in [2.45, 2.75) is 53.5 Å². The third-order valence-electron chi connectivity index (χ3n) is 3.39. The normalized spacial score (nSPS) is 12.6. The first-order valence-electron chi connectivity index (χ1n) is 6.86. The van der Waals surface area contributed by atoms with Crippen molar-refractivity contribution in [2.75, 3.05) is 12.4 Å². The van der Waals surface area contributed by atoms with Crippen LogP contribution in [0.3, 0.4) is 0 Å². The van der Waals surface area contributed by atoms with Crippen LogP contribution in [0.4, 0.5) is 5.69 Å². The maximum atomic E-state index is 5.46. The van der Waals surface area contributed by atoms with Crippen molar-refractivity contribution in [3.63, 3.8) is 0 Å². The van der Waals surface area contributed by atoms with Gasteiger partial charge in [0, 0.05) is 17.3 Å². The molecule has 1 rings (SSSR count). The lowest BCUT2D eigenvalue weighted by Crippen LogP contribution is -2.16. The van der Waals surface area contributed by atoms with E-state index in [4.69, 9.17) is 4.74 Å². The zero-order chi connectivity index (χ0) is 13.7. The summed E-state index contributed by atoms with van der Waals surface area (Å²) < 4.78 is 5.46. The molecule has 0 bridgehead atoms. The van der Waals surface area contributed by atoms with Gasteiger partial charge in [-0.05, 0) is 51.2 Å². The van der Waals surface area contributed by atoms with E-state index in [9.17, 15) is 0 Å². The van der Waals surface area contributed by atoms with E-state index in [-0.39, 0.29) is 0 Å². The summed E-state index contributed by atoms with van der Waals surface area (Å²) in [5.74, 6) is 1.76. The van der Waals surface area contributed by atoms with Crippen LogP contribution in [0.25, 0.3) is 0 Å². The average Bonchev–Trinajstić information content (AvgIpc) is 2.31. The van der Waals surface area contributed by atoms with E-state index in [2.05, 4.69) is 52.1 Å². The SMILES string of the molecule is COc1c(C)ccc(NC(C)CCC(C)C)c1C. The van der Waals surface area contributed by atoms with Gasteiger partial charge in [-0.25, -0.2) is 0 Å². The molecular weight excluding hydrogens is 222 g/mol. The van der Waals surface area contributed by atoms with Gasteiger partial charge in [0.1, 0.15) is 5.75 Å². The van der Waals surface area contributed by atoms with Crippen molar-refractivity contribution in [3.8, 4) is 5.75 Å². The molecule has 0 aliphatic heterocycles. The van der Waals surface area contributed by atoms with E-state index in [1.54, 1.807) is 7.11 Å². The number of rotatable bonds is 6. The number of hydrogen-bond donors (Lipinski definition) is 1. The largest absolute Gasteiger partial charge is 0.496 e. The predicted molar refractivity (Wildman–Crippen MR) is 79.6 cm³/mol. The lowest BCUT2D eigenvalue weighted by Gasteiger charge is -2.20. The molecule has 0 radical (unpaired) electrons. The first kappa shape index (κ1) is 14.9. The number of nitrogens with one attached hydrogen (secondary N) is 1. The molecule has 1 aromatic rings. The molecule has 0 spiro atoms. The van der Waals surface area contributed by atoms with E-state index in [1.165, 1.54) is 29.7 Å². The summed E-state index contributed by atoms with van der Waals surface area (Å²) >= 11 is 0. The van der Waals surface area contributed by atoms with E-state index in [1.807, 2.05) is 0 Å². The molecule has 0 heterocycles. The average molecular weight is 249 g/mol. The maximum absolute atomic E-state index is 5.46. The van der Waals surface area contributed by atoms with Gasteiger partial charge in [0.15, 0.2) is 0 Å². The Hall–Kier alpha value is -1.18. The van der Waals surface area contributed by atoms with Gasteiger partial charge in [0.25, 0.3) is 0 Å². The van der Waals surface area contributed by atoms with Crippen molar-refractivity contribution in [1.82, 2.24) is 0 Å². The summed E-state index contributed by atoms with van der Waals surface area (Å²) in [6.45, 7) is 11.0. The first-order valence-corrected chi connectivity index (χ1v) is 6.86. The first-order chi connectivity index (χ1) is 8.45. The fraction of sp³-hybridized carbons (Fsp3) is 0.625. The van der Waals surface area contributed by atoms with E-state index in [0.29, 0.717) is 6.04 Å². The Morgan fingerprint density at radius 3 is 2.33 bits per heavy atom. The molecule has 0 aromatic heterocycles. The minimum Gasteiger partial charge on any atom is -0.496 e. The van der Waals surface area contributed by atoms with Gasteiger partial charge >= 0.3 is 0 Å². The molecule has 0 aliphatic rings. The molecule has 2 heteroatoms. The van der Waals surface area contributed by atoms with Crippen LogP contribution in [0.5, 0.6) is 5.75 Å². The van der Waals surface area contributed by atoms with Gasteiger partial charge in [-0.1, -0.05) is 19.9 Å². The summed E-state index contributed by atoms with van der Waals surface area (Å²) in [4.78, 5) is 0. The van der Waals surface area contributed by atoms with Gasteiger partial charge < -0.3 is 10.1 Å². The lowest BCUT2D eigenvalue weighted by atomic mass is 10.0. The van der Waals surface area contributed by atoms with Crippen LogP contribution in [-0.4, -0.2) is 13.2 Å². The predicted octanol–water partition coefficient (Wildman–Crippen LogP) is 4.55. The quantitative estimate of drug-likeness (QED) is 0.798. The Morgan fingerprint density at radius 1 is 1.11 bits per heavy atom. The summed E-state index contributed by atoms with van der Waals surface area (Å²) in [7, 11) is 1.74. The number of benzene rings is 1. The van der Waals surface area contributed by atoms with Crippen molar-refractivity contribution < 1.29 is 4.74 Å². The molecular formula is C16H27NO. The number of anilines is 1. The van der Waals surface area contributed by atoms with Crippen molar-refractivity contribution in [2.24, 2.45) is 5.92 Å². The molecule has 1 N–H and O–H groups in total. The highest BCUT2D eigenvalue weighted by Gasteiger charge is 2.10. The van der Waals surface area contributed by atoms with Crippen LogP contribution in [0.15, 0.2) is 12.1 Å². The third kappa shape index (κ3) is 3.94. The Kier molecular flexibility index (Phi) is 5.52. The Bertz CT molecular complexity index is 385.